The fourth-order valence-corrected chi connectivity index (χ4v) is 0.422. The van der Waals surface area contributed by atoms with E-state index in [0.717, 1.165) is 0 Å². The molecule has 3 N–H and O–H groups in total. The molecule has 2 atom stereocenters. The summed E-state index contributed by atoms with van der Waals surface area (Å²) in [6, 6.07) is 1.69. The highest BCUT2D eigenvalue weighted by Crippen LogP contribution is 2.02. The summed E-state index contributed by atoms with van der Waals surface area (Å²) in [6.07, 6.45) is -0.961. The van der Waals surface area contributed by atoms with Crippen LogP contribution in [0.3, 0.4) is 0 Å². The molecule has 2 unspecified atom stereocenters. The Balaban J connectivity index is 4.00. The standard InChI is InChI=1S/C5H10N2O2/c1-5(7,8)4(3-6)9-2/h4,8H,7H2,1-2H3. The molecular weight excluding hydrogens is 120 g/mol. The second kappa shape index (κ2) is 2.78. The first-order valence-corrected chi connectivity index (χ1v) is 2.46. The highest BCUT2D eigenvalue weighted by molar-refractivity contribution is 4.94. The van der Waals surface area contributed by atoms with Gasteiger partial charge in [-0.15, -0.1) is 0 Å². The van der Waals surface area contributed by atoms with Crippen LogP contribution in [0.2, 0.25) is 0 Å². The quantitative estimate of drug-likeness (QED) is 0.479. The first kappa shape index (κ1) is 8.37. The monoisotopic (exact) mass is 130 g/mol. The molecule has 4 nitrogen and oxygen atoms in total. The van der Waals surface area contributed by atoms with E-state index in [1.54, 1.807) is 6.07 Å². The van der Waals surface area contributed by atoms with Crippen LogP contribution in [0.1, 0.15) is 6.92 Å². The molecule has 52 valence electrons. The predicted molar refractivity (Wildman–Crippen MR) is 31.2 cm³/mol. The van der Waals surface area contributed by atoms with Crippen LogP contribution in [-0.2, 0) is 4.74 Å². The molecule has 4 heteroatoms. The Morgan fingerprint density at radius 1 is 1.89 bits per heavy atom. The summed E-state index contributed by atoms with van der Waals surface area (Å²) < 4.78 is 4.53. The van der Waals surface area contributed by atoms with Gasteiger partial charge in [-0.25, -0.2) is 0 Å². The highest BCUT2D eigenvalue weighted by atomic mass is 16.5. The van der Waals surface area contributed by atoms with Crippen molar-refractivity contribution in [2.75, 3.05) is 7.11 Å². The molecule has 0 fully saturated rings. The Bertz CT molecular complexity index is 122. The third-order valence-electron chi connectivity index (χ3n) is 0.884. The van der Waals surface area contributed by atoms with E-state index in [2.05, 4.69) is 4.74 Å². The second-order valence-corrected chi connectivity index (χ2v) is 1.97. The SMILES string of the molecule is COC(C#N)C(C)(N)O. The molecule has 0 rings (SSSR count). The van der Waals surface area contributed by atoms with Crippen molar-refractivity contribution in [1.82, 2.24) is 0 Å². The van der Waals surface area contributed by atoms with Gasteiger partial charge < -0.3 is 15.6 Å². The van der Waals surface area contributed by atoms with Gasteiger partial charge in [0.05, 0.1) is 6.07 Å². The molecule has 0 aromatic heterocycles. The van der Waals surface area contributed by atoms with Gasteiger partial charge in [0, 0.05) is 7.11 Å². The molecule has 0 radical (unpaired) electrons. The second-order valence-electron chi connectivity index (χ2n) is 1.97. The lowest BCUT2D eigenvalue weighted by Gasteiger charge is -2.20. The van der Waals surface area contributed by atoms with Gasteiger partial charge in [0.25, 0.3) is 0 Å². The van der Waals surface area contributed by atoms with E-state index in [1.807, 2.05) is 0 Å². The zero-order valence-corrected chi connectivity index (χ0v) is 5.46. The maximum Gasteiger partial charge on any atom is 0.184 e. The van der Waals surface area contributed by atoms with Gasteiger partial charge >= 0.3 is 0 Å². The van der Waals surface area contributed by atoms with Crippen molar-refractivity contribution >= 4 is 0 Å². The molecule has 9 heavy (non-hydrogen) atoms. The number of aliphatic hydroxyl groups is 1. The van der Waals surface area contributed by atoms with Crippen molar-refractivity contribution in [3.8, 4) is 6.07 Å². The summed E-state index contributed by atoms with van der Waals surface area (Å²) in [5.74, 6) is 0. The van der Waals surface area contributed by atoms with Crippen LogP contribution in [-0.4, -0.2) is 24.0 Å². The Morgan fingerprint density at radius 3 is 2.33 bits per heavy atom. The van der Waals surface area contributed by atoms with Crippen LogP contribution < -0.4 is 5.73 Å². The number of ether oxygens (including phenoxy) is 1. The average Bonchev–Trinajstić information content (AvgIpc) is 1.65. The normalized spacial score (nSPS) is 19.9. The Kier molecular flexibility index (Phi) is 2.59. The van der Waals surface area contributed by atoms with Gasteiger partial charge in [-0.05, 0) is 6.92 Å². The summed E-state index contributed by atoms with van der Waals surface area (Å²) in [4.78, 5) is 0. The van der Waals surface area contributed by atoms with Gasteiger partial charge in [0.15, 0.2) is 11.8 Å². The molecule has 0 saturated heterocycles. The number of nitriles is 1. The molecule has 0 saturated carbocycles. The smallest absolute Gasteiger partial charge is 0.184 e. The van der Waals surface area contributed by atoms with E-state index >= 15 is 0 Å². The zero-order chi connectivity index (χ0) is 7.49. The minimum Gasteiger partial charge on any atom is -0.372 e. The summed E-state index contributed by atoms with van der Waals surface area (Å²) in [5, 5.41) is 17.2. The lowest BCUT2D eigenvalue weighted by atomic mass is 10.1. The summed E-state index contributed by atoms with van der Waals surface area (Å²) in [7, 11) is 1.31. The predicted octanol–water partition coefficient (Wildman–Crippen LogP) is -0.808. The van der Waals surface area contributed by atoms with E-state index in [-0.39, 0.29) is 0 Å². The highest BCUT2D eigenvalue weighted by Gasteiger charge is 2.26. The van der Waals surface area contributed by atoms with Crippen LogP contribution in [0, 0.1) is 11.3 Å². The Morgan fingerprint density at radius 2 is 2.33 bits per heavy atom. The van der Waals surface area contributed by atoms with Gasteiger partial charge in [0.1, 0.15) is 0 Å². The molecule has 0 aliphatic rings. The minimum atomic E-state index is -1.57. The maximum atomic E-state index is 8.91. The van der Waals surface area contributed by atoms with E-state index in [9.17, 15) is 0 Å². The van der Waals surface area contributed by atoms with E-state index in [0.29, 0.717) is 0 Å². The number of rotatable bonds is 2. The van der Waals surface area contributed by atoms with Gasteiger partial charge in [-0.2, -0.15) is 5.26 Å². The van der Waals surface area contributed by atoms with Crippen molar-refractivity contribution in [3.63, 3.8) is 0 Å². The lowest BCUT2D eigenvalue weighted by Crippen LogP contribution is -2.48. The summed E-state index contributed by atoms with van der Waals surface area (Å²) in [5.41, 5.74) is 3.54. The lowest BCUT2D eigenvalue weighted by molar-refractivity contribution is -0.0492. The van der Waals surface area contributed by atoms with E-state index in [4.69, 9.17) is 16.1 Å². The summed E-state index contributed by atoms with van der Waals surface area (Å²) >= 11 is 0. The van der Waals surface area contributed by atoms with Gasteiger partial charge in [0.2, 0.25) is 0 Å². The maximum absolute atomic E-state index is 8.91. The molecule has 0 heterocycles. The number of hydrogen-bond donors (Lipinski definition) is 2. The van der Waals surface area contributed by atoms with E-state index in [1.165, 1.54) is 14.0 Å². The molecule has 0 aromatic carbocycles. The molecule has 0 spiro atoms. The molecule has 0 aliphatic heterocycles. The minimum absolute atomic E-state index is 0.961. The van der Waals surface area contributed by atoms with Crippen molar-refractivity contribution < 1.29 is 9.84 Å². The number of nitrogens with two attached hydrogens (primary N) is 1. The van der Waals surface area contributed by atoms with Crippen molar-refractivity contribution in [2.45, 2.75) is 18.8 Å². The molecule has 0 bridgehead atoms. The van der Waals surface area contributed by atoms with Crippen LogP contribution >= 0.6 is 0 Å². The largest absolute Gasteiger partial charge is 0.372 e. The molecule has 0 aromatic rings. The van der Waals surface area contributed by atoms with Crippen molar-refractivity contribution in [3.05, 3.63) is 0 Å². The average molecular weight is 130 g/mol. The third-order valence-corrected chi connectivity index (χ3v) is 0.884. The van der Waals surface area contributed by atoms with Crippen molar-refractivity contribution in [1.29, 1.82) is 5.26 Å². The number of methoxy groups -OCH3 is 1. The first-order valence-electron chi connectivity index (χ1n) is 2.46. The van der Waals surface area contributed by atoms with Crippen LogP contribution in [0.5, 0.6) is 0 Å². The first-order chi connectivity index (χ1) is 4.02. The van der Waals surface area contributed by atoms with Gasteiger partial charge in [-0.3, -0.25) is 0 Å². The summed E-state index contributed by atoms with van der Waals surface area (Å²) in [6.45, 7) is 1.31. The molecule has 0 amide bonds. The fourth-order valence-electron chi connectivity index (χ4n) is 0.422. The van der Waals surface area contributed by atoms with Crippen LogP contribution in [0.4, 0.5) is 0 Å². The fraction of sp³-hybridized carbons (Fsp3) is 0.800. The number of nitrogens with zero attached hydrogens (tertiary/aromatic N) is 1. The van der Waals surface area contributed by atoms with Crippen LogP contribution in [0.25, 0.3) is 0 Å². The Hall–Kier alpha value is -0.630. The molecular formula is C5H10N2O2. The van der Waals surface area contributed by atoms with E-state index < -0.39 is 11.8 Å². The number of hydrogen-bond acceptors (Lipinski definition) is 4. The van der Waals surface area contributed by atoms with Crippen LogP contribution in [0.15, 0.2) is 0 Å². The van der Waals surface area contributed by atoms with Crippen molar-refractivity contribution in [2.24, 2.45) is 5.73 Å². The molecule has 0 aliphatic carbocycles. The van der Waals surface area contributed by atoms with Gasteiger partial charge in [-0.1, -0.05) is 0 Å². The zero-order valence-electron chi connectivity index (χ0n) is 5.46. The Labute approximate surface area is 53.8 Å². The third kappa shape index (κ3) is 2.42. The topological polar surface area (TPSA) is 79.3 Å².